The van der Waals surface area contributed by atoms with Crippen LogP contribution >= 0.6 is 0 Å². The molecule has 0 aliphatic heterocycles. The van der Waals surface area contributed by atoms with Crippen LogP contribution in [0.25, 0.3) is 0 Å². The summed E-state index contributed by atoms with van der Waals surface area (Å²) in [6.07, 6.45) is 2.89. The Morgan fingerprint density at radius 3 is 2.92 bits per heavy atom. The molecule has 0 N–H and O–H groups in total. The van der Waals surface area contributed by atoms with Gasteiger partial charge in [0.25, 0.3) is 0 Å². The highest BCUT2D eigenvalue weighted by atomic mass is 17.2. The van der Waals surface area contributed by atoms with E-state index >= 15 is 0 Å². The molecule has 0 heterocycles. The van der Waals surface area contributed by atoms with Crippen molar-refractivity contribution < 1.29 is 19.4 Å². The van der Waals surface area contributed by atoms with Crippen molar-refractivity contribution in [3.05, 3.63) is 0 Å². The number of Topliss-reactive ketones (excluding diaryl/α,β-unsaturated/α-hetero) is 1. The van der Waals surface area contributed by atoms with E-state index in [0.717, 1.165) is 12.8 Å². The number of hydrogen-bond acceptors (Lipinski definition) is 4. The highest BCUT2D eigenvalue weighted by Crippen LogP contribution is 2.21. The van der Waals surface area contributed by atoms with E-state index in [2.05, 4.69) is 9.78 Å². The van der Waals surface area contributed by atoms with Crippen LogP contribution in [0.2, 0.25) is 0 Å². The van der Waals surface area contributed by atoms with Crippen molar-refractivity contribution in [3.8, 4) is 0 Å². The molecule has 1 saturated carbocycles. The Morgan fingerprint density at radius 2 is 2.31 bits per heavy atom. The van der Waals surface area contributed by atoms with Crippen LogP contribution in [0.5, 0.6) is 0 Å². The smallest absolute Gasteiger partial charge is 0.299 e. The largest absolute Gasteiger partial charge is 0.352 e. The fourth-order valence-electron chi connectivity index (χ4n) is 1.41. The van der Waals surface area contributed by atoms with Crippen molar-refractivity contribution in [2.45, 2.75) is 32.6 Å². The molecule has 74 valence electrons. The van der Waals surface area contributed by atoms with E-state index in [0.29, 0.717) is 19.4 Å². The van der Waals surface area contributed by atoms with Crippen LogP contribution in [-0.4, -0.2) is 18.4 Å². The van der Waals surface area contributed by atoms with Gasteiger partial charge in [-0.3, -0.25) is 9.68 Å². The van der Waals surface area contributed by atoms with Gasteiger partial charge < -0.3 is 0 Å². The van der Waals surface area contributed by atoms with E-state index in [1.807, 2.05) is 0 Å². The molecule has 13 heavy (non-hydrogen) atoms. The zero-order valence-corrected chi connectivity index (χ0v) is 7.75. The van der Waals surface area contributed by atoms with Gasteiger partial charge in [-0.25, -0.2) is 4.79 Å². The molecule has 1 fully saturated rings. The molecule has 0 radical (unpaired) electrons. The maximum absolute atomic E-state index is 11.2. The summed E-state index contributed by atoms with van der Waals surface area (Å²) in [6.45, 7) is 2.03. The number of rotatable bonds is 3. The predicted octanol–water partition coefficient (Wildman–Crippen LogP) is 1.24. The molecule has 4 heteroatoms. The molecule has 1 rings (SSSR count). The van der Waals surface area contributed by atoms with Gasteiger partial charge in [-0.2, -0.15) is 4.89 Å². The maximum Gasteiger partial charge on any atom is 0.352 e. The van der Waals surface area contributed by atoms with Gasteiger partial charge in [0.15, 0.2) is 0 Å². The van der Waals surface area contributed by atoms with E-state index in [9.17, 15) is 9.59 Å². The Morgan fingerprint density at radius 1 is 1.54 bits per heavy atom. The van der Waals surface area contributed by atoms with Gasteiger partial charge in [0.1, 0.15) is 11.7 Å². The fraction of sp³-hybridized carbons (Fsp3) is 0.778. The van der Waals surface area contributed by atoms with Gasteiger partial charge in [0.2, 0.25) is 0 Å². The fourth-order valence-corrected chi connectivity index (χ4v) is 1.41. The second-order valence-corrected chi connectivity index (χ2v) is 3.07. The van der Waals surface area contributed by atoms with E-state index in [1.54, 1.807) is 6.92 Å². The first-order chi connectivity index (χ1) is 6.25. The minimum Gasteiger partial charge on any atom is -0.299 e. The number of carbonyl (C=O) groups is 2. The second kappa shape index (κ2) is 4.97. The van der Waals surface area contributed by atoms with E-state index < -0.39 is 11.9 Å². The summed E-state index contributed by atoms with van der Waals surface area (Å²) < 4.78 is 0. The predicted molar refractivity (Wildman–Crippen MR) is 44.7 cm³/mol. The highest BCUT2D eigenvalue weighted by molar-refractivity contribution is 5.99. The summed E-state index contributed by atoms with van der Waals surface area (Å²) in [4.78, 5) is 31.4. The number of ketones is 1. The molecule has 0 aromatic heterocycles. The third-order valence-corrected chi connectivity index (χ3v) is 2.10. The van der Waals surface area contributed by atoms with Gasteiger partial charge >= 0.3 is 5.97 Å². The molecule has 0 aromatic rings. The van der Waals surface area contributed by atoms with Crippen LogP contribution in [0.3, 0.4) is 0 Å². The molecule has 4 nitrogen and oxygen atoms in total. The van der Waals surface area contributed by atoms with E-state index in [1.165, 1.54) is 0 Å². The van der Waals surface area contributed by atoms with Crippen LogP contribution in [0, 0.1) is 5.92 Å². The maximum atomic E-state index is 11.2. The first-order valence-electron chi connectivity index (χ1n) is 4.61. The first-order valence-corrected chi connectivity index (χ1v) is 4.61. The summed E-state index contributed by atoms with van der Waals surface area (Å²) in [6, 6.07) is 0. The molecule has 1 atom stereocenters. The summed E-state index contributed by atoms with van der Waals surface area (Å²) >= 11 is 0. The standard InChI is InChI=1S/C9H14O4/c1-2-12-13-9(11)7-5-3-4-6-8(7)10/h7H,2-6H2,1H3. The Kier molecular flexibility index (Phi) is 3.89. The summed E-state index contributed by atoms with van der Waals surface area (Å²) in [5.41, 5.74) is 0. The normalized spacial score (nSPS) is 22.8. The molecule has 0 bridgehead atoms. The lowest BCUT2D eigenvalue weighted by atomic mass is 9.88. The molecule has 0 saturated heterocycles. The van der Waals surface area contributed by atoms with Crippen LogP contribution in [0.1, 0.15) is 32.6 Å². The van der Waals surface area contributed by atoms with Gasteiger partial charge in [-0.15, -0.1) is 0 Å². The monoisotopic (exact) mass is 186 g/mol. The summed E-state index contributed by atoms with van der Waals surface area (Å²) in [7, 11) is 0. The SMILES string of the molecule is CCOOC(=O)C1CCCCC1=O. The van der Waals surface area contributed by atoms with Crippen LogP contribution in [0.15, 0.2) is 0 Å². The lowest BCUT2D eigenvalue weighted by molar-refractivity contribution is -0.272. The van der Waals surface area contributed by atoms with Crippen molar-refractivity contribution >= 4 is 11.8 Å². The molecular formula is C9H14O4. The van der Waals surface area contributed by atoms with Crippen molar-refractivity contribution in [2.75, 3.05) is 6.61 Å². The Hall–Kier alpha value is -0.900. The topological polar surface area (TPSA) is 52.6 Å². The first kappa shape index (κ1) is 10.2. The van der Waals surface area contributed by atoms with Crippen molar-refractivity contribution in [2.24, 2.45) is 5.92 Å². The van der Waals surface area contributed by atoms with Crippen LogP contribution < -0.4 is 0 Å². The van der Waals surface area contributed by atoms with E-state index in [-0.39, 0.29) is 5.78 Å². The zero-order chi connectivity index (χ0) is 9.68. The summed E-state index contributed by atoms with van der Waals surface area (Å²) in [5, 5.41) is 0. The lowest BCUT2D eigenvalue weighted by Gasteiger charge is -2.17. The number of carbonyl (C=O) groups excluding carboxylic acids is 2. The Bertz CT molecular complexity index is 200. The van der Waals surface area contributed by atoms with Crippen LogP contribution in [-0.2, 0) is 19.4 Å². The molecule has 1 aliphatic rings. The van der Waals surface area contributed by atoms with Gasteiger partial charge in [0.05, 0.1) is 6.61 Å². The molecule has 1 unspecified atom stereocenters. The average molecular weight is 186 g/mol. The van der Waals surface area contributed by atoms with E-state index in [4.69, 9.17) is 0 Å². The average Bonchev–Trinajstić information content (AvgIpc) is 2.15. The molecule has 0 amide bonds. The minimum absolute atomic E-state index is 0.0176. The van der Waals surface area contributed by atoms with Gasteiger partial charge in [0, 0.05) is 6.42 Å². The van der Waals surface area contributed by atoms with Gasteiger partial charge in [-0.05, 0) is 19.8 Å². The molecule has 1 aliphatic carbocycles. The lowest BCUT2D eigenvalue weighted by Crippen LogP contribution is -2.28. The third-order valence-electron chi connectivity index (χ3n) is 2.10. The third kappa shape index (κ3) is 2.81. The zero-order valence-electron chi connectivity index (χ0n) is 7.75. The molecule has 0 spiro atoms. The van der Waals surface area contributed by atoms with Gasteiger partial charge in [-0.1, -0.05) is 6.42 Å². The van der Waals surface area contributed by atoms with Crippen molar-refractivity contribution in [1.29, 1.82) is 0 Å². The summed E-state index contributed by atoms with van der Waals surface area (Å²) in [5.74, 6) is -1.14. The molecule has 0 aromatic carbocycles. The second-order valence-electron chi connectivity index (χ2n) is 3.07. The van der Waals surface area contributed by atoms with Crippen molar-refractivity contribution in [1.82, 2.24) is 0 Å². The van der Waals surface area contributed by atoms with Crippen molar-refractivity contribution in [3.63, 3.8) is 0 Å². The Balaban J connectivity index is 2.39. The van der Waals surface area contributed by atoms with Crippen LogP contribution in [0.4, 0.5) is 0 Å². The Labute approximate surface area is 77.1 Å². The number of hydrogen-bond donors (Lipinski definition) is 0. The highest BCUT2D eigenvalue weighted by Gasteiger charge is 2.30. The minimum atomic E-state index is -0.583. The quantitative estimate of drug-likeness (QED) is 0.378. The molecular weight excluding hydrogens is 172 g/mol.